The third-order valence-corrected chi connectivity index (χ3v) is 3.66. The Hall–Kier alpha value is -2.62. The van der Waals surface area contributed by atoms with E-state index >= 15 is 0 Å². The SMILES string of the molecule is CC(=O)CCc1ccc(O[C@H](C)C(=O)Nc2cccc(C)c2)cc1. The van der Waals surface area contributed by atoms with E-state index in [0.717, 1.165) is 23.2 Å². The van der Waals surface area contributed by atoms with Gasteiger partial charge in [-0.05, 0) is 62.6 Å². The van der Waals surface area contributed by atoms with Crippen molar-refractivity contribution < 1.29 is 14.3 Å². The Morgan fingerprint density at radius 2 is 1.83 bits per heavy atom. The van der Waals surface area contributed by atoms with Gasteiger partial charge < -0.3 is 14.8 Å². The summed E-state index contributed by atoms with van der Waals surface area (Å²) in [4.78, 5) is 23.2. The Morgan fingerprint density at radius 1 is 1.12 bits per heavy atom. The van der Waals surface area contributed by atoms with Crippen LogP contribution in [0.2, 0.25) is 0 Å². The van der Waals surface area contributed by atoms with Crippen LogP contribution in [-0.2, 0) is 16.0 Å². The van der Waals surface area contributed by atoms with E-state index in [0.29, 0.717) is 12.2 Å². The van der Waals surface area contributed by atoms with Crippen molar-refractivity contribution >= 4 is 17.4 Å². The van der Waals surface area contributed by atoms with Crippen LogP contribution in [0, 0.1) is 6.92 Å². The predicted molar refractivity (Wildman–Crippen MR) is 95.3 cm³/mol. The van der Waals surface area contributed by atoms with Crippen molar-refractivity contribution in [2.75, 3.05) is 5.32 Å². The highest BCUT2D eigenvalue weighted by atomic mass is 16.5. The highest BCUT2D eigenvalue weighted by Gasteiger charge is 2.15. The number of amides is 1. The smallest absolute Gasteiger partial charge is 0.265 e. The normalized spacial score (nSPS) is 11.6. The zero-order chi connectivity index (χ0) is 17.5. The summed E-state index contributed by atoms with van der Waals surface area (Å²) in [6.07, 6.45) is 0.655. The number of rotatable bonds is 7. The van der Waals surface area contributed by atoms with Crippen LogP contribution in [0.1, 0.15) is 31.4 Å². The van der Waals surface area contributed by atoms with E-state index in [1.807, 2.05) is 55.5 Å². The molecule has 2 aromatic rings. The van der Waals surface area contributed by atoms with Gasteiger partial charge in [0.25, 0.3) is 5.91 Å². The van der Waals surface area contributed by atoms with Crippen LogP contribution in [0.5, 0.6) is 5.75 Å². The van der Waals surface area contributed by atoms with Gasteiger partial charge in [0, 0.05) is 12.1 Å². The average molecular weight is 325 g/mol. The third-order valence-electron chi connectivity index (χ3n) is 3.66. The summed E-state index contributed by atoms with van der Waals surface area (Å²) in [7, 11) is 0. The van der Waals surface area contributed by atoms with Gasteiger partial charge in [-0.3, -0.25) is 4.79 Å². The molecule has 0 aromatic heterocycles. The predicted octanol–water partition coefficient (Wildman–Crippen LogP) is 3.92. The fourth-order valence-corrected chi connectivity index (χ4v) is 2.28. The molecule has 0 bridgehead atoms. The van der Waals surface area contributed by atoms with Crippen molar-refractivity contribution in [3.05, 3.63) is 59.7 Å². The molecule has 1 amide bonds. The van der Waals surface area contributed by atoms with Crippen molar-refractivity contribution in [3.63, 3.8) is 0 Å². The first-order valence-corrected chi connectivity index (χ1v) is 8.06. The summed E-state index contributed by atoms with van der Waals surface area (Å²) < 4.78 is 5.68. The minimum Gasteiger partial charge on any atom is -0.481 e. The van der Waals surface area contributed by atoms with Gasteiger partial charge in [0.2, 0.25) is 0 Å². The number of aryl methyl sites for hydroxylation is 2. The lowest BCUT2D eigenvalue weighted by atomic mass is 10.1. The van der Waals surface area contributed by atoms with Crippen LogP contribution in [0.4, 0.5) is 5.69 Å². The van der Waals surface area contributed by atoms with Gasteiger partial charge in [-0.2, -0.15) is 0 Å². The molecular formula is C20H23NO3. The Kier molecular flexibility index (Phi) is 6.13. The third kappa shape index (κ3) is 5.54. The number of carbonyl (C=O) groups is 2. The fraction of sp³-hybridized carbons (Fsp3) is 0.300. The molecule has 0 aliphatic rings. The molecule has 4 nitrogen and oxygen atoms in total. The molecule has 0 fully saturated rings. The Labute approximate surface area is 142 Å². The molecule has 1 N–H and O–H groups in total. The summed E-state index contributed by atoms with van der Waals surface area (Å²) in [5, 5.41) is 2.85. The second-order valence-electron chi connectivity index (χ2n) is 5.96. The molecule has 1 atom stereocenters. The summed E-state index contributed by atoms with van der Waals surface area (Å²) >= 11 is 0. The Bertz CT molecular complexity index is 707. The zero-order valence-corrected chi connectivity index (χ0v) is 14.3. The van der Waals surface area contributed by atoms with E-state index in [4.69, 9.17) is 4.74 Å². The molecular weight excluding hydrogens is 302 g/mol. The van der Waals surface area contributed by atoms with Crippen LogP contribution >= 0.6 is 0 Å². The minimum atomic E-state index is -0.603. The maximum atomic E-state index is 12.2. The molecule has 0 saturated carbocycles. The van der Waals surface area contributed by atoms with Crippen molar-refractivity contribution in [3.8, 4) is 5.75 Å². The summed E-state index contributed by atoms with van der Waals surface area (Å²) in [5.74, 6) is 0.617. The largest absolute Gasteiger partial charge is 0.481 e. The van der Waals surface area contributed by atoms with Crippen LogP contribution in [-0.4, -0.2) is 17.8 Å². The van der Waals surface area contributed by atoms with Crippen LogP contribution in [0.25, 0.3) is 0 Å². The number of anilines is 1. The van der Waals surface area contributed by atoms with Gasteiger partial charge in [0.15, 0.2) is 6.10 Å². The first-order chi connectivity index (χ1) is 11.4. The topological polar surface area (TPSA) is 55.4 Å². The summed E-state index contributed by atoms with van der Waals surface area (Å²) in [5.41, 5.74) is 2.92. The quantitative estimate of drug-likeness (QED) is 0.839. The number of ether oxygens (including phenoxy) is 1. The molecule has 0 heterocycles. The van der Waals surface area contributed by atoms with Gasteiger partial charge in [-0.15, -0.1) is 0 Å². The average Bonchev–Trinajstić information content (AvgIpc) is 2.54. The van der Waals surface area contributed by atoms with E-state index in [1.165, 1.54) is 0 Å². The zero-order valence-electron chi connectivity index (χ0n) is 14.3. The molecule has 0 unspecified atom stereocenters. The molecule has 0 aliphatic heterocycles. The molecule has 2 rings (SSSR count). The number of hydrogen-bond acceptors (Lipinski definition) is 3. The number of hydrogen-bond donors (Lipinski definition) is 1. The Morgan fingerprint density at radius 3 is 2.46 bits per heavy atom. The number of nitrogens with one attached hydrogen (secondary N) is 1. The van der Waals surface area contributed by atoms with Crippen LogP contribution in [0.3, 0.4) is 0 Å². The molecule has 2 aromatic carbocycles. The van der Waals surface area contributed by atoms with Gasteiger partial charge in [0.1, 0.15) is 11.5 Å². The number of ketones is 1. The second-order valence-corrected chi connectivity index (χ2v) is 5.96. The van der Waals surface area contributed by atoms with E-state index in [2.05, 4.69) is 5.32 Å². The van der Waals surface area contributed by atoms with Crippen molar-refractivity contribution in [1.82, 2.24) is 0 Å². The summed E-state index contributed by atoms with van der Waals surface area (Å²) in [6, 6.07) is 15.1. The maximum absolute atomic E-state index is 12.2. The van der Waals surface area contributed by atoms with E-state index in [9.17, 15) is 9.59 Å². The van der Waals surface area contributed by atoms with Gasteiger partial charge in [-0.25, -0.2) is 0 Å². The van der Waals surface area contributed by atoms with E-state index in [-0.39, 0.29) is 11.7 Å². The second kappa shape index (κ2) is 8.29. The number of Topliss-reactive ketones (excluding diaryl/α,β-unsaturated/α-hetero) is 1. The molecule has 126 valence electrons. The monoisotopic (exact) mass is 325 g/mol. The van der Waals surface area contributed by atoms with Crippen molar-refractivity contribution in [2.45, 2.75) is 39.7 Å². The first kappa shape index (κ1) is 17.7. The molecule has 0 aliphatic carbocycles. The van der Waals surface area contributed by atoms with Crippen LogP contribution < -0.4 is 10.1 Å². The lowest BCUT2D eigenvalue weighted by Gasteiger charge is -2.15. The summed E-state index contributed by atoms with van der Waals surface area (Å²) in [6.45, 7) is 5.28. The lowest BCUT2D eigenvalue weighted by molar-refractivity contribution is -0.122. The Balaban J connectivity index is 1.90. The van der Waals surface area contributed by atoms with E-state index in [1.54, 1.807) is 13.8 Å². The molecule has 4 heteroatoms. The van der Waals surface area contributed by atoms with Crippen molar-refractivity contribution in [1.29, 1.82) is 0 Å². The van der Waals surface area contributed by atoms with Gasteiger partial charge in [0.05, 0.1) is 0 Å². The standard InChI is InChI=1S/C20H23NO3/c1-14-5-4-6-18(13-14)21-20(23)16(3)24-19-11-9-17(10-12-19)8-7-15(2)22/h4-6,9-13,16H,7-8H2,1-3H3,(H,21,23)/t16-/m1/s1. The van der Waals surface area contributed by atoms with Gasteiger partial charge in [-0.1, -0.05) is 24.3 Å². The highest BCUT2D eigenvalue weighted by molar-refractivity contribution is 5.94. The fourth-order valence-electron chi connectivity index (χ4n) is 2.28. The molecule has 24 heavy (non-hydrogen) atoms. The first-order valence-electron chi connectivity index (χ1n) is 8.06. The van der Waals surface area contributed by atoms with Gasteiger partial charge >= 0.3 is 0 Å². The molecule has 0 radical (unpaired) electrons. The number of benzene rings is 2. The number of carbonyl (C=O) groups excluding carboxylic acids is 2. The minimum absolute atomic E-state index is 0.178. The van der Waals surface area contributed by atoms with E-state index < -0.39 is 6.10 Å². The highest BCUT2D eigenvalue weighted by Crippen LogP contribution is 2.16. The molecule has 0 saturated heterocycles. The maximum Gasteiger partial charge on any atom is 0.265 e. The van der Waals surface area contributed by atoms with Crippen molar-refractivity contribution in [2.24, 2.45) is 0 Å². The van der Waals surface area contributed by atoms with Crippen LogP contribution in [0.15, 0.2) is 48.5 Å². The molecule has 0 spiro atoms. The lowest BCUT2D eigenvalue weighted by Crippen LogP contribution is -2.30.